The molecule has 148 valence electrons. The first-order valence-corrected chi connectivity index (χ1v) is 10.7. The maximum atomic E-state index is 11.9. The van der Waals surface area contributed by atoms with Gasteiger partial charge < -0.3 is 14.5 Å². The summed E-state index contributed by atoms with van der Waals surface area (Å²) in [6.07, 6.45) is 1.31. The van der Waals surface area contributed by atoms with Gasteiger partial charge >= 0.3 is 0 Å². The van der Waals surface area contributed by atoms with Crippen LogP contribution in [0, 0.1) is 0 Å². The van der Waals surface area contributed by atoms with Gasteiger partial charge in [0.15, 0.2) is 0 Å². The molecule has 1 saturated heterocycles. The first kappa shape index (κ1) is 19.3. The second-order valence-electron chi connectivity index (χ2n) is 7.34. The fourth-order valence-electron chi connectivity index (χ4n) is 3.94. The maximum Gasteiger partial charge on any atom is 0.227 e. The van der Waals surface area contributed by atoms with E-state index in [1.54, 1.807) is 4.90 Å². The number of amides is 1. The van der Waals surface area contributed by atoms with E-state index in [0.717, 1.165) is 60.6 Å². The largest absolute Gasteiger partial charge is 0.491 e. The van der Waals surface area contributed by atoms with Crippen molar-refractivity contribution in [3.05, 3.63) is 52.5 Å². The lowest BCUT2D eigenvalue weighted by molar-refractivity contribution is -0.118. The molecular formula is C22H26BrN3O2. The van der Waals surface area contributed by atoms with Gasteiger partial charge in [0.2, 0.25) is 5.91 Å². The van der Waals surface area contributed by atoms with Crippen LogP contribution in [0.15, 0.2) is 46.9 Å². The van der Waals surface area contributed by atoms with E-state index in [1.165, 1.54) is 5.69 Å². The average molecular weight is 444 g/mol. The number of piperazine rings is 1. The third-order valence-electron chi connectivity index (χ3n) is 5.67. The number of carbonyl (C=O) groups is 1. The third-order valence-corrected chi connectivity index (χ3v) is 6.54. The van der Waals surface area contributed by atoms with Crippen LogP contribution in [0.5, 0.6) is 5.75 Å². The molecule has 0 radical (unpaired) electrons. The minimum atomic E-state index is 0.169. The SMILES string of the molecule is CN1C(=O)CCc2c1ccc(OCCN1CCN(c3ccccc3)CC1)c2Br. The number of hydrogen-bond donors (Lipinski definition) is 0. The average Bonchev–Trinajstić information content (AvgIpc) is 2.73. The molecule has 2 heterocycles. The van der Waals surface area contributed by atoms with Gasteiger partial charge in [-0.1, -0.05) is 18.2 Å². The summed E-state index contributed by atoms with van der Waals surface area (Å²) in [6.45, 7) is 5.79. The van der Waals surface area contributed by atoms with Crippen molar-refractivity contribution in [2.24, 2.45) is 0 Å². The van der Waals surface area contributed by atoms with Crippen LogP contribution in [0.3, 0.4) is 0 Å². The van der Waals surface area contributed by atoms with E-state index in [4.69, 9.17) is 4.74 Å². The van der Waals surface area contributed by atoms with Crippen molar-refractivity contribution >= 4 is 33.2 Å². The Hall–Kier alpha value is -2.05. The number of benzene rings is 2. The van der Waals surface area contributed by atoms with Crippen LogP contribution in [-0.2, 0) is 11.2 Å². The normalized spacial score (nSPS) is 17.6. The maximum absolute atomic E-state index is 11.9. The number of rotatable bonds is 5. The summed E-state index contributed by atoms with van der Waals surface area (Å²) in [7, 11) is 1.84. The molecule has 0 bridgehead atoms. The van der Waals surface area contributed by atoms with Crippen molar-refractivity contribution in [1.29, 1.82) is 0 Å². The van der Waals surface area contributed by atoms with Gasteiger partial charge in [0.25, 0.3) is 0 Å². The Morgan fingerprint density at radius 2 is 1.75 bits per heavy atom. The highest BCUT2D eigenvalue weighted by molar-refractivity contribution is 9.10. The zero-order valence-corrected chi connectivity index (χ0v) is 17.8. The molecule has 2 aliphatic heterocycles. The van der Waals surface area contributed by atoms with Crippen LogP contribution in [0.25, 0.3) is 0 Å². The number of fused-ring (bicyclic) bond motifs is 1. The second-order valence-corrected chi connectivity index (χ2v) is 8.13. The summed E-state index contributed by atoms with van der Waals surface area (Å²) in [4.78, 5) is 18.5. The minimum absolute atomic E-state index is 0.169. The Morgan fingerprint density at radius 1 is 1.00 bits per heavy atom. The van der Waals surface area contributed by atoms with Crippen molar-refractivity contribution in [1.82, 2.24) is 4.90 Å². The first-order chi connectivity index (χ1) is 13.6. The van der Waals surface area contributed by atoms with Crippen LogP contribution in [-0.4, -0.2) is 57.2 Å². The van der Waals surface area contributed by atoms with Crippen LogP contribution in [0.1, 0.15) is 12.0 Å². The summed E-state index contributed by atoms with van der Waals surface area (Å²) < 4.78 is 7.06. The standard InChI is InChI=1S/C22H26BrN3O2/c1-24-19-8-9-20(22(23)18(19)7-10-21(24)27)28-16-15-25-11-13-26(14-12-25)17-5-3-2-4-6-17/h2-6,8-9H,7,10-16H2,1H3. The minimum Gasteiger partial charge on any atom is -0.491 e. The molecule has 1 fully saturated rings. The number of halogens is 1. The van der Waals surface area contributed by atoms with E-state index in [9.17, 15) is 4.79 Å². The highest BCUT2D eigenvalue weighted by Gasteiger charge is 2.24. The Morgan fingerprint density at radius 3 is 2.50 bits per heavy atom. The molecule has 2 aromatic carbocycles. The molecule has 0 unspecified atom stereocenters. The Labute approximate surface area is 175 Å². The van der Waals surface area contributed by atoms with Gasteiger partial charge in [-0.15, -0.1) is 0 Å². The number of nitrogens with zero attached hydrogens (tertiary/aromatic N) is 3. The third kappa shape index (κ3) is 4.03. The lowest BCUT2D eigenvalue weighted by atomic mass is 10.0. The van der Waals surface area contributed by atoms with Crippen LogP contribution in [0.4, 0.5) is 11.4 Å². The smallest absolute Gasteiger partial charge is 0.227 e. The topological polar surface area (TPSA) is 36.0 Å². The van der Waals surface area contributed by atoms with Crippen LogP contribution < -0.4 is 14.5 Å². The molecule has 0 aliphatic carbocycles. The van der Waals surface area contributed by atoms with Gasteiger partial charge in [0, 0.05) is 57.6 Å². The van der Waals surface area contributed by atoms with Gasteiger partial charge in [-0.05, 0) is 52.2 Å². The lowest BCUT2D eigenvalue weighted by Gasteiger charge is -2.36. The summed E-state index contributed by atoms with van der Waals surface area (Å²) >= 11 is 3.69. The number of para-hydroxylation sites is 1. The number of anilines is 2. The predicted molar refractivity (Wildman–Crippen MR) is 116 cm³/mol. The van der Waals surface area contributed by atoms with E-state index in [1.807, 2.05) is 19.2 Å². The molecule has 6 heteroatoms. The number of carbonyl (C=O) groups excluding carboxylic acids is 1. The molecular weight excluding hydrogens is 418 g/mol. The van der Waals surface area contributed by atoms with Crippen LogP contribution in [0.2, 0.25) is 0 Å². The van der Waals surface area contributed by atoms with Gasteiger partial charge in [-0.3, -0.25) is 9.69 Å². The molecule has 0 atom stereocenters. The molecule has 2 aliphatic rings. The van der Waals surface area contributed by atoms with E-state index in [-0.39, 0.29) is 5.91 Å². The van der Waals surface area contributed by atoms with Crippen molar-refractivity contribution in [3.8, 4) is 5.75 Å². The fourth-order valence-corrected chi connectivity index (χ4v) is 4.59. The first-order valence-electron chi connectivity index (χ1n) is 9.86. The monoisotopic (exact) mass is 443 g/mol. The molecule has 2 aromatic rings. The summed E-state index contributed by atoms with van der Waals surface area (Å²) in [6, 6.07) is 14.6. The predicted octanol–water partition coefficient (Wildman–Crippen LogP) is 3.56. The molecule has 5 nitrogen and oxygen atoms in total. The highest BCUT2D eigenvalue weighted by atomic mass is 79.9. The van der Waals surface area contributed by atoms with Crippen LogP contribution >= 0.6 is 15.9 Å². The van der Waals surface area contributed by atoms with Crippen molar-refractivity contribution in [2.45, 2.75) is 12.8 Å². The highest BCUT2D eigenvalue weighted by Crippen LogP contribution is 2.38. The van der Waals surface area contributed by atoms with Gasteiger partial charge in [0.1, 0.15) is 12.4 Å². The second kappa shape index (κ2) is 8.53. The van der Waals surface area contributed by atoms with Gasteiger partial charge in [-0.2, -0.15) is 0 Å². The lowest BCUT2D eigenvalue weighted by Crippen LogP contribution is -2.47. The number of ether oxygens (including phenoxy) is 1. The molecule has 0 spiro atoms. The molecule has 4 rings (SSSR count). The fraction of sp³-hybridized carbons (Fsp3) is 0.409. The Bertz CT molecular complexity index is 835. The number of hydrogen-bond acceptors (Lipinski definition) is 4. The van der Waals surface area contributed by atoms with E-state index < -0.39 is 0 Å². The summed E-state index contributed by atoms with van der Waals surface area (Å²) in [5, 5.41) is 0. The molecule has 0 aromatic heterocycles. The zero-order valence-electron chi connectivity index (χ0n) is 16.2. The molecule has 28 heavy (non-hydrogen) atoms. The summed E-state index contributed by atoms with van der Waals surface area (Å²) in [5.41, 5.74) is 3.45. The zero-order chi connectivity index (χ0) is 19.5. The molecule has 0 saturated carbocycles. The Balaban J connectivity index is 1.29. The van der Waals surface area contributed by atoms with E-state index in [0.29, 0.717) is 13.0 Å². The molecule has 1 amide bonds. The van der Waals surface area contributed by atoms with E-state index in [2.05, 4.69) is 56.1 Å². The Kier molecular flexibility index (Phi) is 5.87. The van der Waals surface area contributed by atoms with Crippen molar-refractivity contribution in [3.63, 3.8) is 0 Å². The van der Waals surface area contributed by atoms with Crippen molar-refractivity contribution < 1.29 is 9.53 Å². The quantitative estimate of drug-likeness (QED) is 0.707. The van der Waals surface area contributed by atoms with Crippen molar-refractivity contribution in [2.75, 3.05) is 56.2 Å². The molecule has 0 N–H and O–H groups in total. The van der Waals surface area contributed by atoms with Gasteiger partial charge in [0.05, 0.1) is 4.47 Å². The van der Waals surface area contributed by atoms with E-state index >= 15 is 0 Å². The summed E-state index contributed by atoms with van der Waals surface area (Å²) in [5.74, 6) is 1.03. The van der Waals surface area contributed by atoms with Gasteiger partial charge in [-0.25, -0.2) is 0 Å².